The second-order valence-electron chi connectivity index (χ2n) is 7.44. The molecule has 30 heavy (non-hydrogen) atoms. The molecular weight excluding hydrogens is 396 g/mol. The number of hydrogen-bond acceptors (Lipinski definition) is 6. The van der Waals surface area contributed by atoms with Crippen molar-refractivity contribution in [3.63, 3.8) is 0 Å². The SMILES string of the molecule is CN(C)C(=O)c1cccc(-c2cnc3sc(NCc4ccc(N(C)C)cc4)nn23)c1. The Morgan fingerprint density at radius 2 is 1.87 bits per heavy atom. The van der Waals surface area contributed by atoms with Gasteiger partial charge in [0.05, 0.1) is 11.9 Å². The highest BCUT2D eigenvalue weighted by Crippen LogP contribution is 2.27. The van der Waals surface area contributed by atoms with Crippen molar-refractivity contribution in [1.29, 1.82) is 0 Å². The molecule has 7 nitrogen and oxygen atoms in total. The van der Waals surface area contributed by atoms with E-state index in [0.717, 1.165) is 21.3 Å². The van der Waals surface area contributed by atoms with Gasteiger partial charge in [-0.1, -0.05) is 35.6 Å². The summed E-state index contributed by atoms with van der Waals surface area (Å²) in [7, 11) is 7.56. The third kappa shape index (κ3) is 3.99. The van der Waals surface area contributed by atoms with E-state index < -0.39 is 0 Å². The summed E-state index contributed by atoms with van der Waals surface area (Å²) >= 11 is 1.50. The summed E-state index contributed by atoms with van der Waals surface area (Å²) in [5.41, 5.74) is 4.77. The van der Waals surface area contributed by atoms with Crippen molar-refractivity contribution in [2.24, 2.45) is 0 Å². The van der Waals surface area contributed by atoms with Gasteiger partial charge in [0.25, 0.3) is 5.91 Å². The summed E-state index contributed by atoms with van der Waals surface area (Å²) < 4.78 is 1.82. The van der Waals surface area contributed by atoms with Crippen molar-refractivity contribution in [3.05, 3.63) is 65.9 Å². The molecule has 0 radical (unpaired) electrons. The van der Waals surface area contributed by atoms with Crippen LogP contribution in [0.1, 0.15) is 15.9 Å². The van der Waals surface area contributed by atoms with E-state index in [2.05, 4.69) is 44.6 Å². The minimum absolute atomic E-state index is 0.0291. The Kier molecular flexibility index (Phi) is 5.41. The molecule has 0 aliphatic carbocycles. The van der Waals surface area contributed by atoms with Gasteiger partial charge in [0.1, 0.15) is 0 Å². The fraction of sp³-hybridized carbons (Fsp3) is 0.227. The Hall–Kier alpha value is -3.39. The van der Waals surface area contributed by atoms with E-state index in [1.54, 1.807) is 25.2 Å². The summed E-state index contributed by atoms with van der Waals surface area (Å²) in [5, 5.41) is 8.86. The molecule has 0 saturated carbocycles. The lowest BCUT2D eigenvalue weighted by Crippen LogP contribution is -2.21. The highest BCUT2D eigenvalue weighted by atomic mass is 32.1. The first kappa shape index (κ1) is 19.9. The molecule has 0 unspecified atom stereocenters. The quantitative estimate of drug-likeness (QED) is 0.513. The largest absolute Gasteiger partial charge is 0.378 e. The summed E-state index contributed by atoms with van der Waals surface area (Å²) in [6, 6.07) is 16.0. The van der Waals surface area contributed by atoms with Crippen LogP contribution in [0.2, 0.25) is 0 Å². The van der Waals surface area contributed by atoms with E-state index in [1.165, 1.54) is 22.6 Å². The molecule has 4 rings (SSSR count). The molecule has 2 aromatic carbocycles. The Morgan fingerprint density at radius 1 is 1.10 bits per heavy atom. The first-order valence-electron chi connectivity index (χ1n) is 9.59. The number of aromatic nitrogens is 3. The monoisotopic (exact) mass is 420 g/mol. The van der Waals surface area contributed by atoms with Gasteiger partial charge in [0.15, 0.2) is 0 Å². The van der Waals surface area contributed by atoms with Crippen LogP contribution in [0.5, 0.6) is 0 Å². The Labute approximate surface area is 179 Å². The molecule has 0 atom stereocenters. The number of hydrogen-bond donors (Lipinski definition) is 1. The number of amides is 1. The van der Waals surface area contributed by atoms with Crippen LogP contribution in [-0.4, -0.2) is 53.6 Å². The number of nitrogens with one attached hydrogen (secondary N) is 1. The maximum absolute atomic E-state index is 12.3. The van der Waals surface area contributed by atoms with Crippen LogP contribution >= 0.6 is 11.3 Å². The van der Waals surface area contributed by atoms with E-state index in [9.17, 15) is 4.79 Å². The minimum atomic E-state index is -0.0291. The van der Waals surface area contributed by atoms with Crippen molar-refractivity contribution in [2.45, 2.75) is 6.54 Å². The van der Waals surface area contributed by atoms with Gasteiger partial charge in [-0.3, -0.25) is 4.79 Å². The number of anilines is 2. The molecule has 0 fully saturated rings. The summed E-state index contributed by atoms with van der Waals surface area (Å²) in [6.45, 7) is 0.687. The first-order chi connectivity index (χ1) is 14.4. The Balaban J connectivity index is 1.54. The zero-order chi connectivity index (χ0) is 21.3. The van der Waals surface area contributed by atoms with Crippen molar-refractivity contribution in [1.82, 2.24) is 19.5 Å². The number of imidazole rings is 1. The molecule has 0 bridgehead atoms. The molecule has 0 aliphatic heterocycles. The average molecular weight is 421 g/mol. The zero-order valence-corrected chi connectivity index (χ0v) is 18.3. The molecule has 2 heterocycles. The van der Waals surface area contributed by atoms with Gasteiger partial charge < -0.3 is 15.1 Å². The summed E-state index contributed by atoms with van der Waals surface area (Å²) in [6.07, 6.45) is 1.79. The average Bonchev–Trinajstić information content (AvgIpc) is 3.32. The van der Waals surface area contributed by atoms with E-state index in [-0.39, 0.29) is 5.91 Å². The van der Waals surface area contributed by atoms with Gasteiger partial charge in [0.2, 0.25) is 10.1 Å². The van der Waals surface area contributed by atoms with E-state index >= 15 is 0 Å². The lowest BCUT2D eigenvalue weighted by atomic mass is 10.1. The van der Waals surface area contributed by atoms with Crippen LogP contribution in [0.15, 0.2) is 54.7 Å². The molecule has 2 aromatic heterocycles. The van der Waals surface area contributed by atoms with Crippen LogP contribution in [0.25, 0.3) is 16.2 Å². The van der Waals surface area contributed by atoms with Crippen LogP contribution in [0.3, 0.4) is 0 Å². The molecule has 0 saturated heterocycles. The number of carbonyl (C=O) groups is 1. The van der Waals surface area contributed by atoms with Gasteiger partial charge in [-0.05, 0) is 29.8 Å². The molecule has 1 N–H and O–H groups in total. The molecule has 0 spiro atoms. The fourth-order valence-corrected chi connectivity index (χ4v) is 3.89. The van der Waals surface area contributed by atoms with E-state index in [4.69, 9.17) is 0 Å². The maximum Gasteiger partial charge on any atom is 0.253 e. The first-order valence-corrected chi connectivity index (χ1v) is 10.4. The topological polar surface area (TPSA) is 65.8 Å². The second kappa shape index (κ2) is 8.16. The van der Waals surface area contributed by atoms with Crippen molar-refractivity contribution in [3.8, 4) is 11.3 Å². The van der Waals surface area contributed by atoms with Crippen molar-refractivity contribution < 1.29 is 4.79 Å². The normalized spacial score (nSPS) is 10.9. The highest BCUT2D eigenvalue weighted by Gasteiger charge is 2.14. The predicted octanol–water partition coefficient (Wildman–Crippen LogP) is 3.84. The smallest absolute Gasteiger partial charge is 0.253 e. The number of carbonyl (C=O) groups excluding carboxylic acids is 1. The summed E-state index contributed by atoms with van der Waals surface area (Å²) in [5.74, 6) is -0.0291. The third-order valence-corrected chi connectivity index (χ3v) is 5.67. The van der Waals surface area contributed by atoms with Crippen molar-refractivity contribution >= 4 is 33.0 Å². The molecule has 154 valence electrons. The van der Waals surface area contributed by atoms with Crippen LogP contribution in [-0.2, 0) is 6.54 Å². The van der Waals surface area contributed by atoms with Gasteiger partial charge >= 0.3 is 0 Å². The Bertz CT molecular complexity index is 1180. The lowest BCUT2D eigenvalue weighted by Gasteiger charge is -2.12. The number of rotatable bonds is 6. The molecule has 4 aromatic rings. The van der Waals surface area contributed by atoms with Gasteiger partial charge in [0, 0.05) is 51.5 Å². The number of nitrogens with zero attached hydrogens (tertiary/aromatic N) is 5. The van der Waals surface area contributed by atoms with Crippen LogP contribution < -0.4 is 10.2 Å². The number of benzene rings is 2. The van der Waals surface area contributed by atoms with E-state index in [0.29, 0.717) is 12.1 Å². The van der Waals surface area contributed by atoms with Crippen molar-refractivity contribution in [2.75, 3.05) is 38.4 Å². The Morgan fingerprint density at radius 3 is 2.57 bits per heavy atom. The standard InChI is InChI=1S/C22H24N6OS/c1-26(2)18-10-8-15(9-11-18)13-23-21-25-28-19(14-24-22(28)30-21)16-6-5-7-17(12-16)20(29)27(3)4/h5-12,14H,13H2,1-4H3,(H,23,25). The maximum atomic E-state index is 12.3. The molecule has 0 aliphatic rings. The fourth-order valence-electron chi connectivity index (χ4n) is 3.12. The van der Waals surface area contributed by atoms with Crippen LogP contribution in [0.4, 0.5) is 10.8 Å². The predicted molar refractivity (Wildman–Crippen MR) is 122 cm³/mol. The van der Waals surface area contributed by atoms with E-state index in [1.807, 2.05) is 42.9 Å². The lowest BCUT2D eigenvalue weighted by molar-refractivity contribution is 0.0827. The van der Waals surface area contributed by atoms with Gasteiger partial charge in [-0.15, -0.1) is 5.10 Å². The molecule has 1 amide bonds. The third-order valence-electron chi connectivity index (χ3n) is 4.79. The second-order valence-corrected chi connectivity index (χ2v) is 8.40. The molecule has 8 heteroatoms. The van der Waals surface area contributed by atoms with Crippen LogP contribution in [0, 0.1) is 0 Å². The summed E-state index contributed by atoms with van der Waals surface area (Å²) in [4.78, 5) is 21.2. The minimum Gasteiger partial charge on any atom is -0.378 e. The van der Waals surface area contributed by atoms with Gasteiger partial charge in [-0.2, -0.15) is 0 Å². The highest BCUT2D eigenvalue weighted by molar-refractivity contribution is 7.20. The van der Waals surface area contributed by atoms with Gasteiger partial charge in [-0.25, -0.2) is 9.50 Å². The molecular formula is C22H24N6OS. The number of fused-ring (bicyclic) bond motifs is 1. The zero-order valence-electron chi connectivity index (χ0n) is 17.5.